The van der Waals surface area contributed by atoms with Gasteiger partial charge in [0, 0.05) is 19.6 Å². The summed E-state index contributed by atoms with van der Waals surface area (Å²) in [5, 5.41) is 12.2. The second-order valence-electron chi connectivity index (χ2n) is 4.74. The number of nitriles is 1. The highest BCUT2D eigenvalue weighted by atomic mass is 16.6. The second kappa shape index (κ2) is 5.39. The van der Waals surface area contributed by atoms with E-state index in [-0.39, 0.29) is 12.5 Å². The van der Waals surface area contributed by atoms with Crippen molar-refractivity contribution in [1.29, 1.82) is 5.26 Å². The first-order chi connectivity index (χ1) is 9.79. The summed E-state index contributed by atoms with van der Waals surface area (Å²) in [4.78, 5) is 14.0. The maximum Gasteiger partial charge on any atom is 0.268 e. The van der Waals surface area contributed by atoms with Crippen molar-refractivity contribution in [3.05, 3.63) is 24.3 Å². The van der Waals surface area contributed by atoms with Gasteiger partial charge in [-0.15, -0.1) is 0 Å². The highest BCUT2D eigenvalue weighted by Crippen LogP contribution is 2.31. The van der Waals surface area contributed by atoms with Crippen LogP contribution in [-0.4, -0.2) is 49.2 Å². The van der Waals surface area contributed by atoms with Crippen LogP contribution >= 0.6 is 0 Å². The molecule has 2 aliphatic heterocycles. The Hall–Kier alpha value is -2.26. The van der Waals surface area contributed by atoms with Crippen LogP contribution in [-0.2, 0) is 4.79 Å². The van der Waals surface area contributed by atoms with Gasteiger partial charge in [0.2, 0.25) is 6.10 Å². The molecule has 0 aliphatic carbocycles. The molecule has 6 heteroatoms. The molecule has 0 radical (unpaired) electrons. The molecule has 2 atom stereocenters. The lowest BCUT2D eigenvalue weighted by Gasteiger charge is -2.35. The van der Waals surface area contributed by atoms with Gasteiger partial charge in [0.15, 0.2) is 11.5 Å². The molecule has 2 unspecified atom stereocenters. The third kappa shape index (κ3) is 2.28. The topological polar surface area (TPSA) is 74.6 Å². The van der Waals surface area contributed by atoms with Crippen LogP contribution in [0.4, 0.5) is 0 Å². The summed E-state index contributed by atoms with van der Waals surface area (Å²) in [6, 6.07) is 8.95. The molecule has 1 aromatic carbocycles. The molecule has 2 heterocycles. The van der Waals surface area contributed by atoms with Crippen molar-refractivity contribution >= 4 is 5.91 Å². The fraction of sp³-hybridized carbons (Fsp3) is 0.429. The number of nitrogens with one attached hydrogen (secondary N) is 1. The van der Waals surface area contributed by atoms with Crippen molar-refractivity contribution in [2.75, 3.05) is 26.2 Å². The molecule has 0 spiro atoms. The Morgan fingerprint density at radius 2 is 2.20 bits per heavy atom. The minimum atomic E-state index is -0.682. The van der Waals surface area contributed by atoms with E-state index in [1.165, 1.54) is 0 Å². The largest absolute Gasteiger partial charge is 0.485 e. The first-order valence-electron chi connectivity index (χ1n) is 6.59. The van der Waals surface area contributed by atoms with Gasteiger partial charge in [0.1, 0.15) is 12.6 Å². The molecule has 0 saturated carbocycles. The molecule has 1 saturated heterocycles. The lowest BCUT2D eigenvalue weighted by atomic mass is 10.1. The maximum atomic E-state index is 12.5. The number of hydrogen-bond acceptors (Lipinski definition) is 5. The highest BCUT2D eigenvalue weighted by Gasteiger charge is 2.35. The van der Waals surface area contributed by atoms with Gasteiger partial charge < -0.3 is 19.7 Å². The maximum absolute atomic E-state index is 12.5. The molecule has 2 aliphatic rings. The molecule has 1 fully saturated rings. The number of carbonyl (C=O) groups excluding carboxylic acids is 1. The summed E-state index contributed by atoms with van der Waals surface area (Å²) in [5.74, 6) is 1.03. The minimum Gasteiger partial charge on any atom is -0.485 e. The summed E-state index contributed by atoms with van der Waals surface area (Å²) in [5.41, 5.74) is 0. The lowest BCUT2D eigenvalue weighted by molar-refractivity contribution is -0.143. The van der Waals surface area contributed by atoms with E-state index in [2.05, 4.69) is 11.4 Å². The predicted molar refractivity (Wildman–Crippen MR) is 70.3 cm³/mol. The average Bonchev–Trinajstić information content (AvgIpc) is 2.53. The summed E-state index contributed by atoms with van der Waals surface area (Å²) in [6.45, 7) is 1.87. The van der Waals surface area contributed by atoms with Crippen LogP contribution in [0.3, 0.4) is 0 Å². The summed E-state index contributed by atoms with van der Waals surface area (Å²) in [7, 11) is 0. The number of hydrogen-bond donors (Lipinski definition) is 1. The Labute approximate surface area is 116 Å². The number of piperazine rings is 1. The first-order valence-corrected chi connectivity index (χ1v) is 6.59. The van der Waals surface area contributed by atoms with Gasteiger partial charge in [-0.1, -0.05) is 12.1 Å². The van der Waals surface area contributed by atoms with E-state index in [0.29, 0.717) is 31.1 Å². The fourth-order valence-electron chi connectivity index (χ4n) is 2.41. The van der Waals surface area contributed by atoms with E-state index in [4.69, 9.17) is 14.7 Å². The van der Waals surface area contributed by atoms with Gasteiger partial charge in [-0.2, -0.15) is 5.26 Å². The molecule has 3 rings (SSSR count). The van der Waals surface area contributed by atoms with Crippen LogP contribution in [0.15, 0.2) is 24.3 Å². The zero-order valence-electron chi connectivity index (χ0n) is 10.9. The van der Waals surface area contributed by atoms with Crippen LogP contribution in [0, 0.1) is 11.3 Å². The SMILES string of the molecule is N#CC1CNCCN1C(=O)C1COc2ccccc2O1. The minimum absolute atomic E-state index is 0.178. The molecule has 1 amide bonds. The zero-order chi connectivity index (χ0) is 13.9. The third-order valence-corrected chi connectivity index (χ3v) is 3.46. The second-order valence-corrected chi connectivity index (χ2v) is 4.74. The summed E-state index contributed by atoms with van der Waals surface area (Å²) in [6.07, 6.45) is -0.682. The van der Waals surface area contributed by atoms with Crippen molar-refractivity contribution in [3.63, 3.8) is 0 Å². The Morgan fingerprint density at radius 1 is 1.40 bits per heavy atom. The molecule has 1 N–H and O–H groups in total. The zero-order valence-corrected chi connectivity index (χ0v) is 10.9. The van der Waals surface area contributed by atoms with Crippen molar-refractivity contribution in [2.45, 2.75) is 12.1 Å². The van der Waals surface area contributed by atoms with Crippen molar-refractivity contribution in [1.82, 2.24) is 10.2 Å². The number of amides is 1. The molecular formula is C14H15N3O3. The first kappa shape index (κ1) is 12.8. The van der Waals surface area contributed by atoms with E-state index in [1.807, 2.05) is 12.1 Å². The van der Waals surface area contributed by atoms with Crippen LogP contribution in [0.1, 0.15) is 0 Å². The Morgan fingerprint density at radius 3 is 3.00 bits per heavy atom. The predicted octanol–water partition coefficient (Wildman–Crippen LogP) is 0.150. The van der Waals surface area contributed by atoms with E-state index < -0.39 is 12.1 Å². The molecule has 0 aromatic heterocycles. The fourth-order valence-corrected chi connectivity index (χ4v) is 2.41. The molecule has 104 valence electrons. The Balaban J connectivity index is 1.74. The highest BCUT2D eigenvalue weighted by molar-refractivity contribution is 5.82. The van der Waals surface area contributed by atoms with Gasteiger partial charge in [0.25, 0.3) is 5.91 Å². The smallest absolute Gasteiger partial charge is 0.268 e. The molecule has 1 aromatic rings. The van der Waals surface area contributed by atoms with Crippen LogP contribution < -0.4 is 14.8 Å². The van der Waals surface area contributed by atoms with E-state index in [1.54, 1.807) is 17.0 Å². The number of nitrogens with zero attached hydrogens (tertiary/aromatic N) is 2. The number of carbonyl (C=O) groups is 1. The standard InChI is InChI=1S/C14H15N3O3/c15-7-10-8-16-5-6-17(10)14(18)13-9-19-11-3-1-2-4-12(11)20-13/h1-4,10,13,16H,5-6,8-9H2. The Bertz CT molecular complexity index is 555. The van der Waals surface area contributed by atoms with Gasteiger partial charge >= 0.3 is 0 Å². The quantitative estimate of drug-likeness (QED) is 0.788. The normalized spacial score (nSPS) is 24.9. The van der Waals surface area contributed by atoms with Gasteiger partial charge in [-0.05, 0) is 12.1 Å². The summed E-state index contributed by atoms with van der Waals surface area (Å²) < 4.78 is 11.2. The van der Waals surface area contributed by atoms with Gasteiger partial charge in [0.05, 0.1) is 6.07 Å². The van der Waals surface area contributed by atoms with Crippen molar-refractivity contribution in [2.24, 2.45) is 0 Å². The Kier molecular flexibility index (Phi) is 3.44. The van der Waals surface area contributed by atoms with E-state index >= 15 is 0 Å². The number of rotatable bonds is 1. The molecule has 20 heavy (non-hydrogen) atoms. The van der Waals surface area contributed by atoms with Crippen LogP contribution in [0.2, 0.25) is 0 Å². The average molecular weight is 273 g/mol. The number of para-hydroxylation sites is 2. The lowest BCUT2D eigenvalue weighted by Crippen LogP contribution is -2.57. The van der Waals surface area contributed by atoms with Crippen molar-refractivity contribution in [3.8, 4) is 17.6 Å². The van der Waals surface area contributed by atoms with Crippen LogP contribution in [0.25, 0.3) is 0 Å². The molecular weight excluding hydrogens is 258 g/mol. The molecule has 6 nitrogen and oxygen atoms in total. The number of benzene rings is 1. The van der Waals surface area contributed by atoms with Crippen LogP contribution in [0.5, 0.6) is 11.5 Å². The van der Waals surface area contributed by atoms with Gasteiger partial charge in [-0.25, -0.2) is 0 Å². The summed E-state index contributed by atoms with van der Waals surface area (Å²) >= 11 is 0. The monoisotopic (exact) mass is 273 g/mol. The van der Waals surface area contributed by atoms with E-state index in [0.717, 1.165) is 0 Å². The van der Waals surface area contributed by atoms with Gasteiger partial charge in [-0.3, -0.25) is 4.79 Å². The van der Waals surface area contributed by atoms with Crippen molar-refractivity contribution < 1.29 is 14.3 Å². The number of ether oxygens (including phenoxy) is 2. The number of fused-ring (bicyclic) bond motifs is 1. The third-order valence-electron chi connectivity index (χ3n) is 3.46. The molecule has 0 bridgehead atoms. The van der Waals surface area contributed by atoms with E-state index in [9.17, 15) is 4.79 Å².